The van der Waals surface area contributed by atoms with Crippen molar-refractivity contribution in [3.8, 4) is 11.5 Å². The van der Waals surface area contributed by atoms with Crippen LogP contribution in [0.2, 0.25) is 0 Å². The van der Waals surface area contributed by atoms with Crippen LogP contribution in [0.1, 0.15) is 13.8 Å². The fourth-order valence-electron chi connectivity index (χ4n) is 2.43. The third-order valence-electron chi connectivity index (χ3n) is 3.86. The Morgan fingerprint density at radius 1 is 0.897 bits per heavy atom. The van der Waals surface area contributed by atoms with E-state index in [4.69, 9.17) is 9.47 Å². The molecule has 0 aliphatic carbocycles. The smallest absolute Gasteiger partial charge is 0.242 e. The van der Waals surface area contributed by atoms with E-state index in [0.717, 1.165) is 0 Å². The topological polar surface area (TPSA) is 123 Å². The van der Waals surface area contributed by atoms with Crippen LogP contribution < -0.4 is 24.8 Å². The Labute approximate surface area is 169 Å². The first-order chi connectivity index (χ1) is 13.7. The molecular formula is C19H23N3O6S. The zero-order valence-corrected chi connectivity index (χ0v) is 17.3. The molecule has 2 aromatic rings. The first kappa shape index (κ1) is 22.2. The molecule has 0 saturated heterocycles. The van der Waals surface area contributed by atoms with Crippen LogP contribution in [-0.4, -0.2) is 40.5 Å². The summed E-state index contributed by atoms with van der Waals surface area (Å²) in [4.78, 5) is 23.3. The fourth-order valence-corrected chi connectivity index (χ4v) is 3.65. The molecule has 0 saturated carbocycles. The summed E-state index contributed by atoms with van der Waals surface area (Å²) in [7, 11) is -1.13. The summed E-state index contributed by atoms with van der Waals surface area (Å²) in [6, 6.07) is 9.53. The number of nitrogens with one attached hydrogen (secondary N) is 3. The van der Waals surface area contributed by atoms with Gasteiger partial charge in [-0.25, -0.2) is 8.42 Å². The number of hydrogen-bond donors (Lipinski definition) is 3. The maximum absolute atomic E-state index is 12.6. The van der Waals surface area contributed by atoms with Gasteiger partial charge in [-0.3, -0.25) is 9.59 Å². The first-order valence-corrected chi connectivity index (χ1v) is 10.1. The number of sulfonamides is 1. The van der Waals surface area contributed by atoms with Gasteiger partial charge in [-0.05, 0) is 43.3 Å². The average molecular weight is 421 g/mol. The molecule has 0 aliphatic heterocycles. The van der Waals surface area contributed by atoms with Crippen LogP contribution in [-0.2, 0) is 19.6 Å². The van der Waals surface area contributed by atoms with Crippen LogP contribution in [0, 0.1) is 0 Å². The lowest BCUT2D eigenvalue weighted by Crippen LogP contribution is -2.41. The van der Waals surface area contributed by atoms with E-state index in [9.17, 15) is 18.0 Å². The van der Waals surface area contributed by atoms with E-state index in [-0.39, 0.29) is 16.6 Å². The zero-order valence-electron chi connectivity index (χ0n) is 16.5. The minimum absolute atomic E-state index is 0.0607. The summed E-state index contributed by atoms with van der Waals surface area (Å²) in [5, 5.41) is 5.23. The molecule has 9 nitrogen and oxygen atoms in total. The summed E-state index contributed by atoms with van der Waals surface area (Å²) in [6.45, 7) is 2.82. The molecular weight excluding hydrogens is 398 g/mol. The van der Waals surface area contributed by atoms with Crippen molar-refractivity contribution in [3.05, 3.63) is 42.5 Å². The quantitative estimate of drug-likeness (QED) is 0.599. The highest BCUT2D eigenvalue weighted by atomic mass is 32.2. The van der Waals surface area contributed by atoms with Gasteiger partial charge in [-0.1, -0.05) is 0 Å². The molecule has 0 heterocycles. The van der Waals surface area contributed by atoms with Gasteiger partial charge in [0.1, 0.15) is 0 Å². The third-order valence-corrected chi connectivity index (χ3v) is 5.40. The molecule has 2 amide bonds. The molecule has 0 fully saturated rings. The minimum atomic E-state index is -3.97. The van der Waals surface area contributed by atoms with E-state index in [1.807, 2.05) is 0 Å². The van der Waals surface area contributed by atoms with E-state index < -0.39 is 22.0 Å². The number of hydrogen-bond acceptors (Lipinski definition) is 6. The van der Waals surface area contributed by atoms with Gasteiger partial charge >= 0.3 is 0 Å². The maximum atomic E-state index is 12.6. The van der Waals surface area contributed by atoms with Crippen molar-refractivity contribution in [2.45, 2.75) is 24.8 Å². The molecule has 3 N–H and O–H groups in total. The van der Waals surface area contributed by atoms with Gasteiger partial charge in [0, 0.05) is 24.4 Å². The number of rotatable bonds is 8. The molecule has 2 aromatic carbocycles. The Hall–Kier alpha value is -3.11. The van der Waals surface area contributed by atoms with Crippen LogP contribution in [0.4, 0.5) is 11.4 Å². The number of anilines is 2. The largest absolute Gasteiger partial charge is 0.493 e. The highest BCUT2D eigenvalue weighted by Crippen LogP contribution is 2.29. The standard InChI is InChI=1S/C19H23N3O6S/c1-12(19(24)21-15-7-5-14(6-8-15)20-13(2)23)22-29(25,26)16-9-10-17(27-3)18(11-16)28-4/h5-12,22H,1-4H3,(H,20,23)(H,21,24). The molecule has 29 heavy (non-hydrogen) atoms. The predicted molar refractivity (Wildman–Crippen MR) is 109 cm³/mol. The van der Waals surface area contributed by atoms with Crippen molar-refractivity contribution >= 4 is 33.2 Å². The van der Waals surface area contributed by atoms with Crippen LogP contribution >= 0.6 is 0 Å². The van der Waals surface area contributed by atoms with Crippen molar-refractivity contribution in [1.82, 2.24) is 4.72 Å². The highest BCUT2D eigenvalue weighted by Gasteiger charge is 2.23. The second-order valence-electron chi connectivity index (χ2n) is 6.11. The average Bonchev–Trinajstić information content (AvgIpc) is 2.68. The van der Waals surface area contributed by atoms with Crippen molar-refractivity contribution < 1.29 is 27.5 Å². The lowest BCUT2D eigenvalue weighted by atomic mass is 10.2. The highest BCUT2D eigenvalue weighted by molar-refractivity contribution is 7.89. The predicted octanol–water partition coefficient (Wildman–Crippen LogP) is 1.97. The monoisotopic (exact) mass is 421 g/mol. The molecule has 1 atom stereocenters. The Balaban J connectivity index is 2.07. The molecule has 0 aliphatic rings. The summed E-state index contributed by atoms with van der Waals surface area (Å²) in [5.41, 5.74) is 1.04. The lowest BCUT2D eigenvalue weighted by Gasteiger charge is -2.16. The number of carbonyl (C=O) groups excluding carboxylic acids is 2. The van der Waals surface area contributed by atoms with Gasteiger partial charge in [0.25, 0.3) is 0 Å². The minimum Gasteiger partial charge on any atom is -0.493 e. The van der Waals surface area contributed by atoms with Gasteiger partial charge in [0.15, 0.2) is 11.5 Å². The first-order valence-electron chi connectivity index (χ1n) is 8.59. The van der Waals surface area contributed by atoms with Crippen molar-refractivity contribution in [3.63, 3.8) is 0 Å². The summed E-state index contributed by atoms with van der Waals surface area (Å²) in [6.07, 6.45) is 0. The molecule has 0 spiro atoms. The zero-order chi connectivity index (χ0) is 21.6. The van der Waals surface area contributed by atoms with Crippen molar-refractivity contribution in [2.24, 2.45) is 0 Å². The number of benzene rings is 2. The van der Waals surface area contributed by atoms with Gasteiger partial charge in [0.2, 0.25) is 21.8 Å². The number of carbonyl (C=O) groups is 2. The van der Waals surface area contributed by atoms with Crippen LogP contribution in [0.5, 0.6) is 11.5 Å². The lowest BCUT2D eigenvalue weighted by molar-refractivity contribution is -0.117. The van der Waals surface area contributed by atoms with Crippen LogP contribution in [0.15, 0.2) is 47.4 Å². The Morgan fingerprint density at radius 3 is 1.97 bits per heavy atom. The number of methoxy groups -OCH3 is 2. The number of ether oxygens (including phenoxy) is 2. The van der Waals surface area contributed by atoms with E-state index in [0.29, 0.717) is 17.1 Å². The van der Waals surface area contributed by atoms with Crippen LogP contribution in [0.3, 0.4) is 0 Å². The van der Waals surface area contributed by atoms with Gasteiger partial charge in [-0.2, -0.15) is 4.72 Å². The fraction of sp³-hybridized carbons (Fsp3) is 0.263. The van der Waals surface area contributed by atoms with Gasteiger partial charge in [0.05, 0.1) is 25.2 Å². The molecule has 156 valence electrons. The summed E-state index contributed by atoms with van der Waals surface area (Å²) < 4.78 is 37.7. The van der Waals surface area contributed by atoms with Crippen molar-refractivity contribution in [2.75, 3.05) is 24.9 Å². The molecule has 1 unspecified atom stereocenters. The summed E-state index contributed by atoms with van der Waals surface area (Å²) >= 11 is 0. The SMILES string of the molecule is COc1ccc(S(=O)(=O)NC(C)C(=O)Nc2ccc(NC(C)=O)cc2)cc1OC. The number of amides is 2. The van der Waals surface area contributed by atoms with E-state index in [1.54, 1.807) is 24.3 Å². The molecule has 0 bridgehead atoms. The second kappa shape index (κ2) is 9.39. The maximum Gasteiger partial charge on any atom is 0.242 e. The Morgan fingerprint density at radius 2 is 1.45 bits per heavy atom. The second-order valence-corrected chi connectivity index (χ2v) is 7.82. The molecule has 10 heteroatoms. The van der Waals surface area contributed by atoms with Gasteiger partial charge in [-0.15, -0.1) is 0 Å². The van der Waals surface area contributed by atoms with E-state index in [2.05, 4.69) is 15.4 Å². The molecule has 0 radical (unpaired) electrons. The summed E-state index contributed by atoms with van der Waals surface area (Å²) in [5.74, 6) is -0.104. The van der Waals surface area contributed by atoms with Crippen molar-refractivity contribution in [1.29, 1.82) is 0 Å². The Bertz CT molecular complexity index is 990. The normalized spacial score (nSPS) is 12.0. The van der Waals surface area contributed by atoms with E-state index in [1.165, 1.54) is 46.3 Å². The third kappa shape index (κ3) is 5.93. The van der Waals surface area contributed by atoms with Crippen LogP contribution in [0.25, 0.3) is 0 Å². The molecule has 0 aromatic heterocycles. The Kier molecular flexibility index (Phi) is 7.18. The molecule has 2 rings (SSSR count). The van der Waals surface area contributed by atoms with Gasteiger partial charge < -0.3 is 20.1 Å². The van der Waals surface area contributed by atoms with E-state index >= 15 is 0 Å².